The quantitative estimate of drug-likeness (QED) is 0.886. The summed E-state index contributed by atoms with van der Waals surface area (Å²) in [6.45, 7) is 4.20. The zero-order valence-electron chi connectivity index (χ0n) is 13.9. The van der Waals surface area contributed by atoms with Gasteiger partial charge in [0.15, 0.2) is 0 Å². The molecule has 0 aliphatic carbocycles. The van der Waals surface area contributed by atoms with Gasteiger partial charge < -0.3 is 10.2 Å². The molecule has 0 saturated carbocycles. The fraction of sp³-hybridized carbons (Fsp3) is 0.263. The average Bonchev–Trinajstić information content (AvgIpc) is 2.54. The Morgan fingerprint density at radius 3 is 2.38 bits per heavy atom. The van der Waals surface area contributed by atoms with Crippen molar-refractivity contribution in [2.45, 2.75) is 20.3 Å². The largest absolute Gasteiger partial charge is 0.354 e. The van der Waals surface area contributed by atoms with Crippen LogP contribution in [0.3, 0.4) is 0 Å². The number of benzene rings is 2. The van der Waals surface area contributed by atoms with E-state index >= 15 is 0 Å². The first-order valence-corrected chi connectivity index (χ1v) is 7.82. The molecule has 126 valence electrons. The number of carbonyl (C=O) groups is 2. The van der Waals surface area contributed by atoms with Crippen molar-refractivity contribution in [2.24, 2.45) is 0 Å². The summed E-state index contributed by atoms with van der Waals surface area (Å²) in [4.78, 5) is 25.5. The second kappa shape index (κ2) is 8.24. The number of amides is 2. The molecule has 24 heavy (non-hydrogen) atoms. The highest BCUT2D eigenvalue weighted by molar-refractivity contribution is 5.92. The Kier molecular flexibility index (Phi) is 6.07. The summed E-state index contributed by atoms with van der Waals surface area (Å²) < 4.78 is 12.8. The minimum absolute atomic E-state index is 0.0721. The molecule has 0 atom stereocenters. The Labute approximate surface area is 141 Å². The average molecular weight is 328 g/mol. The van der Waals surface area contributed by atoms with E-state index in [9.17, 15) is 14.0 Å². The molecule has 0 saturated heterocycles. The molecule has 2 aromatic rings. The van der Waals surface area contributed by atoms with Crippen molar-refractivity contribution in [1.29, 1.82) is 0 Å². The standard InChI is InChI=1S/C19H21FN2O2/c1-14-5-3-4-6-18(14)22(15(2)23)12-11-21-19(24)13-16-7-9-17(20)10-8-16/h3-10H,11-13H2,1-2H3,(H,21,24). The molecule has 0 aliphatic rings. The Morgan fingerprint density at radius 2 is 1.75 bits per heavy atom. The summed E-state index contributed by atoms with van der Waals surface area (Å²) in [5.41, 5.74) is 2.60. The van der Waals surface area contributed by atoms with E-state index in [0.29, 0.717) is 13.1 Å². The summed E-state index contributed by atoms with van der Waals surface area (Å²) in [5.74, 6) is -0.554. The minimum Gasteiger partial charge on any atom is -0.354 e. The highest BCUT2D eigenvalue weighted by Crippen LogP contribution is 2.19. The maximum Gasteiger partial charge on any atom is 0.224 e. The fourth-order valence-corrected chi connectivity index (χ4v) is 2.47. The molecule has 1 N–H and O–H groups in total. The maximum atomic E-state index is 12.8. The zero-order chi connectivity index (χ0) is 17.5. The van der Waals surface area contributed by atoms with Crippen molar-refractivity contribution in [3.05, 3.63) is 65.5 Å². The van der Waals surface area contributed by atoms with E-state index in [1.807, 2.05) is 31.2 Å². The number of nitrogens with one attached hydrogen (secondary N) is 1. The third kappa shape index (κ3) is 4.91. The van der Waals surface area contributed by atoms with Crippen molar-refractivity contribution >= 4 is 17.5 Å². The first-order chi connectivity index (χ1) is 11.5. The van der Waals surface area contributed by atoms with E-state index in [1.165, 1.54) is 19.1 Å². The monoisotopic (exact) mass is 328 g/mol. The van der Waals surface area contributed by atoms with Crippen LogP contribution < -0.4 is 10.2 Å². The van der Waals surface area contributed by atoms with Gasteiger partial charge >= 0.3 is 0 Å². The summed E-state index contributed by atoms with van der Waals surface area (Å²) in [7, 11) is 0. The molecular formula is C19H21FN2O2. The van der Waals surface area contributed by atoms with Gasteiger partial charge in [-0.1, -0.05) is 30.3 Å². The second-order valence-corrected chi connectivity index (χ2v) is 5.61. The van der Waals surface area contributed by atoms with Crippen LogP contribution in [0.4, 0.5) is 10.1 Å². The van der Waals surface area contributed by atoms with Gasteiger partial charge in [0.1, 0.15) is 5.82 Å². The second-order valence-electron chi connectivity index (χ2n) is 5.61. The van der Waals surface area contributed by atoms with Crippen molar-refractivity contribution in [2.75, 3.05) is 18.0 Å². The smallest absolute Gasteiger partial charge is 0.224 e. The van der Waals surface area contributed by atoms with E-state index < -0.39 is 0 Å². The van der Waals surface area contributed by atoms with E-state index in [0.717, 1.165) is 16.8 Å². The summed E-state index contributed by atoms with van der Waals surface area (Å²) in [6.07, 6.45) is 0.185. The maximum absolute atomic E-state index is 12.8. The molecule has 0 bridgehead atoms. The van der Waals surface area contributed by atoms with E-state index in [2.05, 4.69) is 5.32 Å². The van der Waals surface area contributed by atoms with Crippen LogP contribution in [0, 0.1) is 12.7 Å². The van der Waals surface area contributed by atoms with Crippen molar-refractivity contribution < 1.29 is 14.0 Å². The molecule has 2 amide bonds. The number of rotatable bonds is 6. The van der Waals surface area contributed by atoms with E-state index in [-0.39, 0.29) is 24.1 Å². The highest BCUT2D eigenvalue weighted by Gasteiger charge is 2.13. The van der Waals surface area contributed by atoms with Crippen LogP contribution in [-0.4, -0.2) is 24.9 Å². The Hall–Kier alpha value is -2.69. The summed E-state index contributed by atoms with van der Waals surface area (Å²) >= 11 is 0. The number of carbonyl (C=O) groups excluding carboxylic acids is 2. The third-order valence-electron chi connectivity index (χ3n) is 3.72. The molecule has 0 aliphatic heterocycles. The first-order valence-electron chi connectivity index (χ1n) is 7.82. The number of halogens is 1. The van der Waals surface area contributed by atoms with Gasteiger partial charge in [-0.25, -0.2) is 4.39 Å². The van der Waals surface area contributed by atoms with Crippen molar-refractivity contribution in [3.8, 4) is 0 Å². The molecule has 2 aromatic carbocycles. The molecule has 4 nitrogen and oxygen atoms in total. The van der Waals surface area contributed by atoms with Gasteiger partial charge in [0.2, 0.25) is 11.8 Å². The molecule has 0 radical (unpaired) electrons. The Morgan fingerprint density at radius 1 is 1.08 bits per heavy atom. The Bertz CT molecular complexity index is 714. The van der Waals surface area contributed by atoms with Crippen molar-refractivity contribution in [1.82, 2.24) is 5.32 Å². The molecule has 0 spiro atoms. The molecule has 0 heterocycles. The normalized spacial score (nSPS) is 10.3. The number of hydrogen-bond donors (Lipinski definition) is 1. The topological polar surface area (TPSA) is 49.4 Å². The fourth-order valence-electron chi connectivity index (χ4n) is 2.47. The van der Waals surface area contributed by atoms with Crippen LogP contribution in [-0.2, 0) is 16.0 Å². The third-order valence-corrected chi connectivity index (χ3v) is 3.72. The number of nitrogens with zero attached hydrogens (tertiary/aromatic N) is 1. The van der Waals surface area contributed by atoms with Crippen LogP contribution >= 0.6 is 0 Å². The minimum atomic E-state index is -0.325. The van der Waals surface area contributed by atoms with Gasteiger partial charge in [0.25, 0.3) is 0 Å². The lowest BCUT2D eigenvalue weighted by atomic mass is 10.1. The Balaban J connectivity index is 1.89. The predicted molar refractivity (Wildman–Crippen MR) is 92.3 cm³/mol. The molecule has 0 unspecified atom stereocenters. The zero-order valence-corrected chi connectivity index (χ0v) is 13.9. The number of hydrogen-bond acceptors (Lipinski definition) is 2. The molecule has 5 heteroatoms. The summed E-state index contributed by atoms with van der Waals surface area (Å²) in [5, 5.41) is 2.79. The lowest BCUT2D eigenvalue weighted by molar-refractivity contribution is -0.121. The van der Waals surface area contributed by atoms with Crippen LogP contribution in [0.1, 0.15) is 18.1 Å². The van der Waals surface area contributed by atoms with Crippen LogP contribution in [0.5, 0.6) is 0 Å². The van der Waals surface area contributed by atoms with Crippen LogP contribution in [0.2, 0.25) is 0 Å². The van der Waals surface area contributed by atoms with Crippen LogP contribution in [0.15, 0.2) is 48.5 Å². The molecule has 2 rings (SSSR count). The van der Waals surface area contributed by atoms with Gasteiger partial charge in [0.05, 0.1) is 6.42 Å². The van der Waals surface area contributed by atoms with E-state index in [4.69, 9.17) is 0 Å². The van der Waals surface area contributed by atoms with Crippen LogP contribution in [0.25, 0.3) is 0 Å². The highest BCUT2D eigenvalue weighted by atomic mass is 19.1. The number of para-hydroxylation sites is 1. The molecule has 0 fully saturated rings. The van der Waals surface area contributed by atoms with E-state index in [1.54, 1.807) is 17.0 Å². The van der Waals surface area contributed by atoms with Gasteiger partial charge in [-0.2, -0.15) is 0 Å². The number of anilines is 1. The predicted octanol–water partition coefficient (Wildman–Crippen LogP) is 2.85. The van der Waals surface area contributed by atoms with Crippen molar-refractivity contribution in [3.63, 3.8) is 0 Å². The lowest BCUT2D eigenvalue weighted by Gasteiger charge is -2.23. The first kappa shape index (κ1) is 17.7. The van der Waals surface area contributed by atoms with Gasteiger partial charge in [0, 0.05) is 25.7 Å². The SMILES string of the molecule is CC(=O)N(CCNC(=O)Cc1ccc(F)cc1)c1ccccc1C. The van der Waals surface area contributed by atoms with Gasteiger partial charge in [-0.15, -0.1) is 0 Å². The van der Waals surface area contributed by atoms with Gasteiger partial charge in [-0.3, -0.25) is 9.59 Å². The van der Waals surface area contributed by atoms with Gasteiger partial charge in [-0.05, 0) is 36.2 Å². The molecular weight excluding hydrogens is 307 g/mol. The lowest BCUT2D eigenvalue weighted by Crippen LogP contribution is -2.38. The molecule has 0 aromatic heterocycles. The summed E-state index contributed by atoms with van der Waals surface area (Å²) in [6, 6.07) is 13.5. The number of aryl methyl sites for hydroxylation is 1.